The minimum Gasteiger partial charge on any atom is -0.346 e. The summed E-state index contributed by atoms with van der Waals surface area (Å²) < 4.78 is 0. The number of rotatable bonds is 4. The molecule has 1 aromatic carbocycles. The lowest BCUT2D eigenvalue weighted by Gasteiger charge is -2.09. The number of benzene rings is 1. The number of nitrogens with one attached hydrogen (secondary N) is 2. The number of anilines is 1. The molecule has 0 saturated heterocycles. The van der Waals surface area contributed by atoms with Crippen LogP contribution >= 0.6 is 0 Å². The molecule has 0 bridgehead atoms. The van der Waals surface area contributed by atoms with Crippen LogP contribution in [0.4, 0.5) is 5.69 Å². The van der Waals surface area contributed by atoms with Gasteiger partial charge in [-0.2, -0.15) is 0 Å². The summed E-state index contributed by atoms with van der Waals surface area (Å²) in [6.07, 6.45) is 0. The molecule has 5 nitrogen and oxygen atoms in total. The fourth-order valence-electron chi connectivity index (χ4n) is 1.32. The summed E-state index contributed by atoms with van der Waals surface area (Å²) in [5.74, 6) is -0.610. The van der Waals surface area contributed by atoms with Gasteiger partial charge in [-0.25, -0.2) is 0 Å². The molecule has 0 heterocycles. The molecule has 2 amide bonds. The van der Waals surface area contributed by atoms with Gasteiger partial charge >= 0.3 is 0 Å². The lowest BCUT2D eigenvalue weighted by molar-refractivity contribution is -0.123. The molecule has 0 fully saturated rings. The second kappa shape index (κ2) is 6.00. The molecule has 92 valence electrons. The minimum absolute atomic E-state index is 0.0661. The second-order valence-electron chi connectivity index (χ2n) is 3.85. The molecular weight excluding hydrogens is 218 g/mol. The first-order chi connectivity index (χ1) is 8.02. The summed E-state index contributed by atoms with van der Waals surface area (Å²) >= 11 is 0. The van der Waals surface area contributed by atoms with E-state index in [0.717, 1.165) is 16.8 Å². The number of amides is 2. The molecule has 4 N–H and O–H groups in total. The molecule has 0 aliphatic heterocycles. The Bertz CT molecular complexity index is 430. The zero-order valence-corrected chi connectivity index (χ0v) is 10.0. The van der Waals surface area contributed by atoms with Crippen molar-refractivity contribution in [3.63, 3.8) is 0 Å². The van der Waals surface area contributed by atoms with Crippen molar-refractivity contribution in [2.75, 3.05) is 18.4 Å². The standard InChI is InChI=1S/C12H17N3O2/c1-8-3-4-9(2)10(5-8)15-12(17)7-14-11(16)6-13/h3-5H,6-7,13H2,1-2H3,(H,14,16)(H,15,17). The smallest absolute Gasteiger partial charge is 0.243 e. The average Bonchev–Trinajstić information content (AvgIpc) is 2.30. The molecule has 0 unspecified atom stereocenters. The molecule has 0 aliphatic carbocycles. The first kappa shape index (κ1) is 13.2. The van der Waals surface area contributed by atoms with Crippen LogP contribution < -0.4 is 16.4 Å². The SMILES string of the molecule is Cc1ccc(C)c(NC(=O)CNC(=O)CN)c1. The van der Waals surface area contributed by atoms with E-state index in [9.17, 15) is 9.59 Å². The maximum Gasteiger partial charge on any atom is 0.243 e. The van der Waals surface area contributed by atoms with E-state index in [1.807, 2.05) is 32.0 Å². The third-order valence-electron chi connectivity index (χ3n) is 2.30. The molecular formula is C12H17N3O2. The van der Waals surface area contributed by atoms with Crippen molar-refractivity contribution in [3.05, 3.63) is 29.3 Å². The van der Waals surface area contributed by atoms with Gasteiger partial charge in [0.2, 0.25) is 11.8 Å². The van der Waals surface area contributed by atoms with Crippen molar-refractivity contribution in [1.82, 2.24) is 5.32 Å². The largest absolute Gasteiger partial charge is 0.346 e. The van der Waals surface area contributed by atoms with Gasteiger partial charge in [-0.05, 0) is 31.0 Å². The summed E-state index contributed by atoms with van der Waals surface area (Å²) in [7, 11) is 0. The molecule has 0 aromatic heterocycles. The third kappa shape index (κ3) is 4.24. The maximum atomic E-state index is 11.5. The van der Waals surface area contributed by atoms with Crippen LogP contribution in [0.5, 0.6) is 0 Å². The van der Waals surface area contributed by atoms with Crippen LogP contribution in [0.15, 0.2) is 18.2 Å². The normalized spacial score (nSPS) is 9.82. The first-order valence-electron chi connectivity index (χ1n) is 5.37. The van der Waals surface area contributed by atoms with E-state index in [4.69, 9.17) is 5.73 Å². The quantitative estimate of drug-likeness (QED) is 0.702. The van der Waals surface area contributed by atoms with Gasteiger partial charge in [0.15, 0.2) is 0 Å². The molecule has 0 atom stereocenters. The number of nitrogens with two attached hydrogens (primary N) is 1. The predicted molar refractivity (Wildman–Crippen MR) is 66.6 cm³/mol. The fraction of sp³-hybridized carbons (Fsp3) is 0.333. The van der Waals surface area contributed by atoms with Gasteiger partial charge < -0.3 is 16.4 Å². The van der Waals surface area contributed by atoms with Crippen molar-refractivity contribution in [3.8, 4) is 0 Å². The zero-order valence-electron chi connectivity index (χ0n) is 10.0. The van der Waals surface area contributed by atoms with E-state index in [-0.39, 0.29) is 24.9 Å². The third-order valence-corrected chi connectivity index (χ3v) is 2.30. The van der Waals surface area contributed by atoms with Crippen LogP contribution in [0.3, 0.4) is 0 Å². The Hall–Kier alpha value is -1.88. The molecule has 1 aromatic rings. The van der Waals surface area contributed by atoms with Crippen molar-refractivity contribution in [2.24, 2.45) is 5.73 Å². The van der Waals surface area contributed by atoms with E-state index in [1.54, 1.807) is 0 Å². The summed E-state index contributed by atoms with van der Waals surface area (Å²) in [5.41, 5.74) is 7.92. The number of aryl methyl sites for hydroxylation is 2. The highest BCUT2D eigenvalue weighted by atomic mass is 16.2. The van der Waals surface area contributed by atoms with Crippen LogP contribution in [-0.4, -0.2) is 24.9 Å². The average molecular weight is 235 g/mol. The number of hydrogen-bond donors (Lipinski definition) is 3. The van der Waals surface area contributed by atoms with E-state index < -0.39 is 0 Å². The summed E-state index contributed by atoms with van der Waals surface area (Å²) in [6, 6.07) is 5.79. The van der Waals surface area contributed by atoms with Crippen molar-refractivity contribution in [2.45, 2.75) is 13.8 Å². The molecule has 0 radical (unpaired) electrons. The van der Waals surface area contributed by atoms with Gasteiger partial charge in [0.1, 0.15) is 0 Å². The van der Waals surface area contributed by atoms with Gasteiger partial charge in [-0.15, -0.1) is 0 Å². The second-order valence-corrected chi connectivity index (χ2v) is 3.85. The molecule has 1 rings (SSSR count). The van der Waals surface area contributed by atoms with Crippen molar-refractivity contribution >= 4 is 17.5 Å². The Kier molecular flexibility index (Phi) is 4.66. The van der Waals surface area contributed by atoms with Gasteiger partial charge in [-0.3, -0.25) is 9.59 Å². The van der Waals surface area contributed by atoms with Gasteiger partial charge in [0.25, 0.3) is 0 Å². The van der Waals surface area contributed by atoms with Crippen LogP contribution in [0.25, 0.3) is 0 Å². The Labute approximate surface area is 100 Å². The summed E-state index contributed by atoms with van der Waals surface area (Å²) in [6.45, 7) is 3.68. The van der Waals surface area contributed by atoms with Crippen LogP contribution in [0.1, 0.15) is 11.1 Å². The van der Waals surface area contributed by atoms with E-state index in [0.29, 0.717) is 0 Å². The molecule has 0 spiro atoms. The van der Waals surface area contributed by atoms with Gasteiger partial charge in [0, 0.05) is 5.69 Å². The predicted octanol–water partition coefficient (Wildman–Crippen LogP) is 0.317. The van der Waals surface area contributed by atoms with E-state index >= 15 is 0 Å². The lowest BCUT2D eigenvalue weighted by atomic mass is 10.1. The highest BCUT2D eigenvalue weighted by Crippen LogP contribution is 2.15. The van der Waals surface area contributed by atoms with Crippen LogP contribution in [0.2, 0.25) is 0 Å². The maximum absolute atomic E-state index is 11.5. The fourth-order valence-corrected chi connectivity index (χ4v) is 1.32. The highest BCUT2D eigenvalue weighted by Gasteiger charge is 2.06. The Morgan fingerprint density at radius 2 is 1.94 bits per heavy atom. The highest BCUT2D eigenvalue weighted by molar-refractivity contribution is 5.95. The molecule has 5 heteroatoms. The van der Waals surface area contributed by atoms with Crippen LogP contribution in [0, 0.1) is 13.8 Å². The van der Waals surface area contributed by atoms with Crippen molar-refractivity contribution in [1.29, 1.82) is 0 Å². The Morgan fingerprint density at radius 1 is 1.24 bits per heavy atom. The van der Waals surface area contributed by atoms with E-state index in [1.165, 1.54) is 0 Å². The van der Waals surface area contributed by atoms with Crippen molar-refractivity contribution < 1.29 is 9.59 Å². The Balaban J connectivity index is 2.56. The molecule has 0 saturated carbocycles. The molecule has 17 heavy (non-hydrogen) atoms. The first-order valence-corrected chi connectivity index (χ1v) is 5.37. The topological polar surface area (TPSA) is 84.2 Å². The summed E-state index contributed by atoms with van der Waals surface area (Å²) in [4.78, 5) is 22.4. The number of hydrogen-bond acceptors (Lipinski definition) is 3. The summed E-state index contributed by atoms with van der Waals surface area (Å²) in [5, 5.41) is 5.15. The van der Waals surface area contributed by atoms with Crippen LogP contribution in [-0.2, 0) is 9.59 Å². The lowest BCUT2D eigenvalue weighted by Crippen LogP contribution is -2.36. The zero-order chi connectivity index (χ0) is 12.8. The van der Waals surface area contributed by atoms with Gasteiger partial charge in [-0.1, -0.05) is 12.1 Å². The minimum atomic E-state index is -0.346. The van der Waals surface area contributed by atoms with E-state index in [2.05, 4.69) is 10.6 Å². The number of carbonyl (C=O) groups excluding carboxylic acids is 2. The monoisotopic (exact) mass is 235 g/mol. The Morgan fingerprint density at radius 3 is 2.59 bits per heavy atom. The van der Waals surface area contributed by atoms with Gasteiger partial charge in [0.05, 0.1) is 13.1 Å². The number of carbonyl (C=O) groups is 2. The molecule has 0 aliphatic rings.